The van der Waals surface area contributed by atoms with Gasteiger partial charge in [-0.2, -0.15) is 0 Å². The maximum absolute atomic E-state index is 12.0. The molecule has 2 heterocycles. The van der Waals surface area contributed by atoms with E-state index in [1.165, 1.54) is 23.1 Å². The van der Waals surface area contributed by atoms with Gasteiger partial charge >= 0.3 is 0 Å². The molecule has 2 rings (SSSR count). The third-order valence-corrected chi connectivity index (χ3v) is 5.13. The highest BCUT2D eigenvalue weighted by Gasteiger charge is 2.17. The lowest BCUT2D eigenvalue weighted by Gasteiger charge is -2.11. The van der Waals surface area contributed by atoms with Crippen molar-refractivity contribution in [2.75, 3.05) is 11.9 Å². The van der Waals surface area contributed by atoms with Gasteiger partial charge in [-0.05, 0) is 31.4 Å². The van der Waals surface area contributed by atoms with Crippen molar-refractivity contribution in [3.05, 3.63) is 24.2 Å². The Morgan fingerprint density at radius 2 is 2.22 bits per heavy atom. The van der Waals surface area contributed by atoms with Gasteiger partial charge < -0.3 is 15.1 Å². The van der Waals surface area contributed by atoms with E-state index in [0.717, 1.165) is 21.7 Å². The van der Waals surface area contributed by atoms with Gasteiger partial charge in [-0.3, -0.25) is 4.79 Å². The highest BCUT2D eigenvalue weighted by Crippen LogP contribution is 2.29. The number of nitrogens with one attached hydrogen (secondary N) is 2. The number of nitrogens with zero attached hydrogens (tertiary/aromatic N) is 2. The predicted octanol–water partition coefficient (Wildman–Crippen LogP) is 3.39. The molecule has 126 valence electrons. The molecule has 2 N–H and O–H groups in total. The molecule has 23 heavy (non-hydrogen) atoms. The number of furan rings is 1. The van der Waals surface area contributed by atoms with Crippen molar-refractivity contribution in [1.29, 1.82) is 0 Å². The Balaban J connectivity index is 1.75. The van der Waals surface area contributed by atoms with E-state index in [4.69, 9.17) is 4.42 Å². The SMILES string of the molecule is CC(C)CCNC(=O)C(C)Sc1nnc(NCc2ccco2)s1. The number of anilines is 1. The van der Waals surface area contributed by atoms with Crippen LogP contribution < -0.4 is 10.6 Å². The van der Waals surface area contributed by atoms with Gasteiger partial charge in [0.1, 0.15) is 5.76 Å². The van der Waals surface area contributed by atoms with Gasteiger partial charge in [0.2, 0.25) is 11.0 Å². The number of thioether (sulfide) groups is 1. The molecule has 0 aliphatic rings. The molecule has 0 aliphatic heterocycles. The zero-order chi connectivity index (χ0) is 16.7. The number of carbonyl (C=O) groups is 1. The molecule has 6 nitrogen and oxygen atoms in total. The Bertz CT molecular complexity index is 598. The van der Waals surface area contributed by atoms with E-state index in [2.05, 4.69) is 34.7 Å². The van der Waals surface area contributed by atoms with Crippen LogP contribution in [-0.2, 0) is 11.3 Å². The van der Waals surface area contributed by atoms with Crippen LogP contribution in [0, 0.1) is 5.92 Å². The molecule has 0 aromatic carbocycles. The molecular formula is C15H22N4O2S2. The minimum Gasteiger partial charge on any atom is -0.467 e. The molecule has 0 bridgehead atoms. The van der Waals surface area contributed by atoms with Gasteiger partial charge in [0.15, 0.2) is 4.34 Å². The first-order valence-corrected chi connectivity index (χ1v) is 9.28. The van der Waals surface area contributed by atoms with Crippen LogP contribution in [0.1, 0.15) is 33.0 Å². The summed E-state index contributed by atoms with van der Waals surface area (Å²) >= 11 is 2.86. The van der Waals surface area contributed by atoms with Crippen molar-refractivity contribution < 1.29 is 9.21 Å². The van der Waals surface area contributed by atoms with Gasteiger partial charge in [0.05, 0.1) is 18.1 Å². The predicted molar refractivity (Wildman–Crippen MR) is 93.7 cm³/mol. The minimum atomic E-state index is -0.187. The first-order chi connectivity index (χ1) is 11.0. The van der Waals surface area contributed by atoms with Crippen LogP contribution in [0.4, 0.5) is 5.13 Å². The zero-order valence-corrected chi connectivity index (χ0v) is 15.2. The second kappa shape index (κ2) is 8.93. The van der Waals surface area contributed by atoms with Crippen LogP contribution >= 0.6 is 23.1 Å². The summed E-state index contributed by atoms with van der Waals surface area (Å²) in [6, 6.07) is 3.74. The van der Waals surface area contributed by atoms with E-state index >= 15 is 0 Å². The quantitative estimate of drug-likeness (QED) is 0.672. The summed E-state index contributed by atoms with van der Waals surface area (Å²) in [4.78, 5) is 12.0. The van der Waals surface area contributed by atoms with Crippen LogP contribution in [0.2, 0.25) is 0 Å². The summed E-state index contributed by atoms with van der Waals surface area (Å²) < 4.78 is 6.02. The summed E-state index contributed by atoms with van der Waals surface area (Å²) in [6.45, 7) is 7.45. The van der Waals surface area contributed by atoms with Gasteiger partial charge in [0.25, 0.3) is 0 Å². The molecular weight excluding hydrogens is 332 g/mol. The van der Waals surface area contributed by atoms with Crippen molar-refractivity contribution in [3.63, 3.8) is 0 Å². The summed E-state index contributed by atoms with van der Waals surface area (Å²) in [5, 5.41) is 14.8. The lowest BCUT2D eigenvalue weighted by Crippen LogP contribution is -2.32. The summed E-state index contributed by atoms with van der Waals surface area (Å²) in [6.07, 6.45) is 2.63. The lowest BCUT2D eigenvalue weighted by molar-refractivity contribution is -0.120. The van der Waals surface area contributed by atoms with Gasteiger partial charge in [-0.1, -0.05) is 36.9 Å². The van der Waals surface area contributed by atoms with Crippen molar-refractivity contribution in [1.82, 2.24) is 15.5 Å². The molecule has 0 aliphatic carbocycles. The second-order valence-corrected chi connectivity index (χ2v) is 8.11. The highest BCUT2D eigenvalue weighted by atomic mass is 32.2. The zero-order valence-electron chi connectivity index (χ0n) is 13.5. The lowest BCUT2D eigenvalue weighted by atomic mass is 10.1. The highest BCUT2D eigenvalue weighted by molar-refractivity contribution is 8.02. The van der Waals surface area contributed by atoms with Crippen molar-refractivity contribution in [3.8, 4) is 0 Å². The monoisotopic (exact) mass is 354 g/mol. The fourth-order valence-corrected chi connectivity index (χ4v) is 3.65. The first kappa shape index (κ1) is 17.8. The topological polar surface area (TPSA) is 80.0 Å². The first-order valence-electron chi connectivity index (χ1n) is 7.58. The van der Waals surface area contributed by atoms with Crippen LogP contribution in [-0.4, -0.2) is 27.9 Å². The molecule has 2 aromatic heterocycles. The van der Waals surface area contributed by atoms with E-state index < -0.39 is 0 Å². The van der Waals surface area contributed by atoms with E-state index in [1.807, 2.05) is 19.1 Å². The number of carbonyl (C=O) groups excluding carboxylic acids is 1. The number of rotatable bonds is 9. The largest absolute Gasteiger partial charge is 0.467 e. The average Bonchev–Trinajstić information content (AvgIpc) is 3.15. The average molecular weight is 355 g/mol. The Morgan fingerprint density at radius 3 is 2.91 bits per heavy atom. The molecule has 1 atom stereocenters. The smallest absolute Gasteiger partial charge is 0.233 e. The molecule has 0 saturated carbocycles. The standard InChI is InChI=1S/C15H22N4O2S2/c1-10(2)6-7-16-13(20)11(3)22-15-19-18-14(23-15)17-9-12-5-4-8-21-12/h4-5,8,10-11H,6-7,9H2,1-3H3,(H,16,20)(H,17,18). The molecule has 0 radical (unpaired) electrons. The molecule has 1 amide bonds. The second-order valence-electron chi connectivity index (χ2n) is 5.54. The van der Waals surface area contributed by atoms with Crippen molar-refractivity contribution in [2.24, 2.45) is 5.92 Å². The normalized spacial score (nSPS) is 12.3. The summed E-state index contributed by atoms with van der Waals surface area (Å²) in [5.74, 6) is 1.47. The van der Waals surface area contributed by atoms with E-state index in [1.54, 1.807) is 6.26 Å². The van der Waals surface area contributed by atoms with E-state index in [9.17, 15) is 4.79 Å². The van der Waals surface area contributed by atoms with Crippen molar-refractivity contribution >= 4 is 34.1 Å². The van der Waals surface area contributed by atoms with E-state index in [-0.39, 0.29) is 11.2 Å². The van der Waals surface area contributed by atoms with Gasteiger partial charge in [-0.25, -0.2) is 0 Å². The molecule has 8 heteroatoms. The fourth-order valence-electron chi connectivity index (χ4n) is 1.74. The Morgan fingerprint density at radius 1 is 1.39 bits per heavy atom. The fraction of sp³-hybridized carbons (Fsp3) is 0.533. The Hall–Kier alpha value is -1.54. The molecule has 2 aromatic rings. The summed E-state index contributed by atoms with van der Waals surface area (Å²) in [7, 11) is 0. The van der Waals surface area contributed by atoms with E-state index in [0.29, 0.717) is 19.0 Å². The number of amides is 1. The number of aromatic nitrogens is 2. The summed E-state index contributed by atoms with van der Waals surface area (Å²) in [5.41, 5.74) is 0. The Kier molecular flexibility index (Phi) is 6.91. The third kappa shape index (κ3) is 6.23. The van der Waals surface area contributed by atoms with Gasteiger partial charge in [-0.15, -0.1) is 10.2 Å². The van der Waals surface area contributed by atoms with Crippen molar-refractivity contribution in [2.45, 2.75) is 43.3 Å². The van der Waals surface area contributed by atoms with Gasteiger partial charge in [0, 0.05) is 6.54 Å². The van der Waals surface area contributed by atoms with Crippen LogP contribution in [0.15, 0.2) is 27.2 Å². The Labute approximate surface area is 144 Å². The minimum absolute atomic E-state index is 0.0379. The third-order valence-electron chi connectivity index (χ3n) is 3.07. The number of hydrogen-bond acceptors (Lipinski definition) is 7. The molecule has 0 spiro atoms. The van der Waals surface area contributed by atoms with Crippen LogP contribution in [0.5, 0.6) is 0 Å². The molecule has 0 fully saturated rings. The maximum Gasteiger partial charge on any atom is 0.233 e. The van der Waals surface area contributed by atoms with Crippen LogP contribution in [0.25, 0.3) is 0 Å². The maximum atomic E-state index is 12.0. The van der Waals surface area contributed by atoms with Crippen LogP contribution in [0.3, 0.4) is 0 Å². The molecule has 1 unspecified atom stereocenters. The molecule has 0 saturated heterocycles. The number of hydrogen-bond donors (Lipinski definition) is 2.